The van der Waals surface area contributed by atoms with Gasteiger partial charge in [0.05, 0.1) is 17.8 Å². The summed E-state index contributed by atoms with van der Waals surface area (Å²) in [5.74, 6) is -1.03. The molecule has 3 aromatic rings. The Morgan fingerprint density at radius 2 is 1.85 bits per heavy atom. The van der Waals surface area contributed by atoms with Crippen LogP contribution in [0.3, 0.4) is 0 Å². The van der Waals surface area contributed by atoms with Crippen molar-refractivity contribution in [2.45, 2.75) is 32.5 Å². The van der Waals surface area contributed by atoms with E-state index in [9.17, 15) is 27.2 Å². The topological polar surface area (TPSA) is 92.5 Å². The number of carbonyl (C=O) groups is 2. The number of benzene rings is 1. The van der Waals surface area contributed by atoms with Crippen molar-refractivity contribution in [3.8, 4) is 5.82 Å². The van der Waals surface area contributed by atoms with Crippen molar-refractivity contribution in [2.24, 2.45) is 5.10 Å². The molecule has 1 aliphatic heterocycles. The fraction of sp³-hybridized carbons (Fsp3) is 0.227. The number of nitrogens with one attached hydrogen (secondary N) is 1. The molecule has 0 bridgehead atoms. The Morgan fingerprint density at radius 1 is 1.12 bits per heavy atom. The molecule has 0 saturated heterocycles. The van der Waals surface area contributed by atoms with Gasteiger partial charge in [0.1, 0.15) is 17.3 Å². The number of hydrogen-bond donors (Lipinski definition) is 1. The summed E-state index contributed by atoms with van der Waals surface area (Å²) < 4.78 is 52.8. The second-order valence-corrected chi connectivity index (χ2v) is 7.56. The molecule has 4 rings (SSSR count). The molecule has 1 aromatic carbocycles. The van der Waals surface area contributed by atoms with Crippen molar-refractivity contribution in [3.05, 3.63) is 71.3 Å². The van der Waals surface area contributed by atoms with Gasteiger partial charge >= 0.3 is 6.18 Å². The quantitative estimate of drug-likeness (QED) is 0.569. The van der Waals surface area contributed by atoms with E-state index in [1.807, 2.05) is 0 Å². The van der Waals surface area contributed by atoms with Gasteiger partial charge in [0.2, 0.25) is 5.91 Å². The van der Waals surface area contributed by atoms with Crippen molar-refractivity contribution in [1.29, 1.82) is 0 Å². The highest BCUT2D eigenvalue weighted by molar-refractivity contribution is 6.43. The molecule has 0 unspecified atom stereocenters. The molecule has 0 saturated carbocycles. The molecule has 1 aliphatic rings. The summed E-state index contributed by atoms with van der Waals surface area (Å²) >= 11 is 0. The van der Waals surface area contributed by atoms with Gasteiger partial charge in [-0.15, -0.1) is 0 Å². The van der Waals surface area contributed by atoms with E-state index in [0.717, 1.165) is 17.1 Å². The minimum absolute atomic E-state index is 0.0617. The highest BCUT2D eigenvalue weighted by atomic mass is 19.4. The number of aromatic nitrogens is 3. The van der Waals surface area contributed by atoms with Crippen LogP contribution in [0.5, 0.6) is 0 Å². The summed E-state index contributed by atoms with van der Waals surface area (Å²) in [4.78, 5) is 28.9. The molecule has 0 aliphatic carbocycles. The lowest BCUT2D eigenvalue weighted by Gasteiger charge is -2.23. The Balaban J connectivity index is 1.53. The van der Waals surface area contributed by atoms with Gasteiger partial charge in [0.25, 0.3) is 5.91 Å². The average molecular weight is 474 g/mol. The maximum atomic E-state index is 13.1. The van der Waals surface area contributed by atoms with E-state index in [0.29, 0.717) is 17.5 Å². The number of nitrogens with zero attached hydrogens (tertiary/aromatic N) is 5. The summed E-state index contributed by atoms with van der Waals surface area (Å²) in [6, 6.07) is 9.11. The highest BCUT2D eigenvalue weighted by Crippen LogP contribution is 2.29. The number of aryl methyl sites for hydroxylation is 1. The number of hydrazone groups is 1. The van der Waals surface area contributed by atoms with Gasteiger partial charge in [0, 0.05) is 25.1 Å². The van der Waals surface area contributed by atoms with Crippen molar-refractivity contribution < 1.29 is 27.2 Å². The molecule has 176 valence electrons. The molecule has 34 heavy (non-hydrogen) atoms. The summed E-state index contributed by atoms with van der Waals surface area (Å²) in [5, 5.41) is 12.1. The molecular weight excluding hydrogens is 456 g/mol. The zero-order chi connectivity index (χ0) is 24.5. The Labute approximate surface area is 190 Å². The van der Waals surface area contributed by atoms with Crippen LogP contribution < -0.4 is 5.32 Å². The van der Waals surface area contributed by atoms with Crippen LogP contribution >= 0.6 is 0 Å². The van der Waals surface area contributed by atoms with Crippen molar-refractivity contribution in [3.63, 3.8) is 0 Å². The van der Waals surface area contributed by atoms with E-state index in [-0.39, 0.29) is 42.6 Å². The van der Waals surface area contributed by atoms with E-state index in [1.54, 1.807) is 6.92 Å². The van der Waals surface area contributed by atoms with Gasteiger partial charge in [0.15, 0.2) is 5.82 Å². The second-order valence-electron chi connectivity index (χ2n) is 7.56. The standard InChI is InChI=1S/C22H18F4N6O2/c1-13-10-19(32(29-13)18-8-4-15(11-27-18)22(24,25)26)28-21(34)17-7-9-20(33)31(30-17)12-14-2-5-16(23)6-3-14/h2-6,8,10-11H,7,9,12H2,1H3,(H,28,34). The smallest absolute Gasteiger partial charge is 0.305 e. The number of halogens is 4. The lowest BCUT2D eigenvalue weighted by atomic mass is 10.1. The maximum absolute atomic E-state index is 13.1. The van der Waals surface area contributed by atoms with Crippen molar-refractivity contribution >= 4 is 23.3 Å². The Bertz CT molecular complexity index is 1250. The third-order valence-corrected chi connectivity index (χ3v) is 4.98. The van der Waals surface area contributed by atoms with Gasteiger partial charge in [-0.05, 0) is 36.8 Å². The van der Waals surface area contributed by atoms with Gasteiger partial charge in [-0.25, -0.2) is 14.4 Å². The average Bonchev–Trinajstić information content (AvgIpc) is 3.16. The lowest BCUT2D eigenvalue weighted by molar-refractivity contribution is -0.138. The Kier molecular flexibility index (Phi) is 6.14. The number of alkyl halides is 3. The summed E-state index contributed by atoms with van der Waals surface area (Å²) in [7, 11) is 0. The molecule has 0 radical (unpaired) electrons. The predicted octanol–water partition coefficient (Wildman–Crippen LogP) is 3.85. The molecule has 12 heteroatoms. The molecule has 0 spiro atoms. The van der Waals surface area contributed by atoms with Crippen LogP contribution in [0.1, 0.15) is 29.7 Å². The monoisotopic (exact) mass is 474 g/mol. The summed E-state index contributed by atoms with van der Waals surface area (Å²) in [6.07, 6.45) is -3.68. The molecule has 8 nitrogen and oxygen atoms in total. The highest BCUT2D eigenvalue weighted by Gasteiger charge is 2.31. The van der Waals surface area contributed by atoms with Gasteiger partial charge < -0.3 is 5.32 Å². The number of pyridine rings is 1. The minimum Gasteiger partial charge on any atom is -0.305 e. The van der Waals surface area contributed by atoms with Gasteiger partial charge in [-0.2, -0.15) is 28.1 Å². The first kappa shape index (κ1) is 23.1. The maximum Gasteiger partial charge on any atom is 0.417 e. The van der Waals surface area contributed by atoms with Crippen LogP contribution in [0, 0.1) is 12.7 Å². The van der Waals surface area contributed by atoms with Crippen molar-refractivity contribution in [1.82, 2.24) is 19.8 Å². The fourth-order valence-electron chi connectivity index (χ4n) is 3.28. The number of amides is 2. The molecule has 2 amide bonds. The van der Waals surface area contributed by atoms with Crippen LogP contribution in [0.2, 0.25) is 0 Å². The third kappa shape index (κ3) is 5.11. The molecule has 3 heterocycles. The van der Waals surface area contributed by atoms with Crippen LogP contribution in [-0.4, -0.2) is 37.3 Å². The zero-order valence-electron chi connectivity index (χ0n) is 17.8. The lowest BCUT2D eigenvalue weighted by Crippen LogP contribution is -2.36. The van der Waals surface area contributed by atoms with E-state index >= 15 is 0 Å². The normalized spacial score (nSPS) is 14.2. The number of rotatable bonds is 5. The van der Waals surface area contributed by atoms with Crippen LogP contribution in [-0.2, 0) is 22.3 Å². The molecule has 0 atom stereocenters. The van der Waals surface area contributed by atoms with Crippen molar-refractivity contribution in [2.75, 3.05) is 5.32 Å². The van der Waals surface area contributed by atoms with E-state index in [2.05, 4.69) is 20.5 Å². The van der Waals surface area contributed by atoms with Crippen LogP contribution in [0.4, 0.5) is 23.4 Å². The van der Waals surface area contributed by atoms with E-state index in [1.165, 1.54) is 35.0 Å². The number of anilines is 1. The number of hydrogen-bond acceptors (Lipinski definition) is 5. The van der Waals surface area contributed by atoms with Gasteiger partial charge in [-0.1, -0.05) is 12.1 Å². The first-order valence-electron chi connectivity index (χ1n) is 10.1. The Hall–Kier alpha value is -4.09. The SMILES string of the molecule is Cc1cc(NC(=O)C2=NN(Cc3ccc(F)cc3)C(=O)CC2)n(-c2ccc(C(F)(F)F)cn2)n1. The number of carbonyl (C=O) groups excluding carboxylic acids is 2. The molecular formula is C22H18F4N6O2. The molecule has 2 aromatic heterocycles. The van der Waals surface area contributed by atoms with E-state index in [4.69, 9.17) is 0 Å². The van der Waals surface area contributed by atoms with Crippen LogP contribution in [0.15, 0.2) is 53.8 Å². The van der Waals surface area contributed by atoms with E-state index < -0.39 is 23.5 Å². The van der Waals surface area contributed by atoms with Gasteiger partial charge in [-0.3, -0.25) is 9.59 Å². The predicted molar refractivity (Wildman–Crippen MR) is 113 cm³/mol. The largest absolute Gasteiger partial charge is 0.417 e. The Morgan fingerprint density at radius 3 is 2.50 bits per heavy atom. The molecule has 0 fully saturated rings. The molecule has 1 N–H and O–H groups in total. The minimum atomic E-state index is -4.53. The fourth-order valence-corrected chi connectivity index (χ4v) is 3.28. The zero-order valence-corrected chi connectivity index (χ0v) is 17.8. The summed E-state index contributed by atoms with van der Waals surface area (Å²) in [6.45, 7) is 1.72. The second kappa shape index (κ2) is 9.04. The first-order chi connectivity index (χ1) is 16.1. The first-order valence-corrected chi connectivity index (χ1v) is 10.1. The van der Waals surface area contributed by atoms with Crippen LogP contribution in [0.25, 0.3) is 5.82 Å². The third-order valence-electron chi connectivity index (χ3n) is 4.98. The summed E-state index contributed by atoms with van der Waals surface area (Å²) in [5.41, 5.74) is 0.318.